The van der Waals surface area contributed by atoms with Crippen LogP contribution >= 0.6 is 0 Å². The molecule has 1 aromatic rings. The lowest BCUT2D eigenvalue weighted by molar-refractivity contribution is 0.216. The molecule has 2 nitrogen and oxygen atoms in total. The number of nitrogens with one attached hydrogen (secondary N) is 1. The molecule has 0 amide bonds. The van der Waals surface area contributed by atoms with E-state index in [0.717, 1.165) is 18.4 Å². The van der Waals surface area contributed by atoms with Gasteiger partial charge in [0, 0.05) is 6.54 Å². The molecule has 2 fully saturated rings. The number of nitrogens with zero attached hydrogens (tertiary/aromatic N) is 1. The van der Waals surface area contributed by atoms with Crippen LogP contribution in [0.3, 0.4) is 0 Å². The Morgan fingerprint density at radius 2 is 1.74 bits per heavy atom. The molecule has 1 saturated heterocycles. The van der Waals surface area contributed by atoms with Gasteiger partial charge >= 0.3 is 0 Å². The van der Waals surface area contributed by atoms with Gasteiger partial charge in [0.1, 0.15) is 0 Å². The Bertz CT molecular complexity index is 386. The first kappa shape index (κ1) is 13.1. The Labute approximate surface area is 117 Å². The second-order valence-corrected chi connectivity index (χ2v) is 6.39. The van der Waals surface area contributed by atoms with E-state index in [4.69, 9.17) is 0 Å². The largest absolute Gasteiger partial charge is 0.312 e. The summed E-state index contributed by atoms with van der Waals surface area (Å²) in [5.74, 6) is 1.75. The van der Waals surface area contributed by atoms with Gasteiger partial charge < -0.3 is 10.2 Å². The first-order chi connectivity index (χ1) is 9.31. The van der Waals surface area contributed by atoms with Crippen molar-refractivity contribution in [2.75, 3.05) is 26.7 Å². The van der Waals surface area contributed by atoms with Crippen molar-refractivity contribution in [1.29, 1.82) is 0 Å². The summed E-state index contributed by atoms with van der Waals surface area (Å²) in [6.07, 6.45) is 5.50. The molecule has 1 aromatic carbocycles. The molecule has 0 atom stereocenters. The first-order valence-corrected chi connectivity index (χ1v) is 7.79. The molecule has 2 aliphatic rings. The van der Waals surface area contributed by atoms with Gasteiger partial charge in [-0.15, -0.1) is 0 Å². The molecule has 0 aromatic heterocycles. The zero-order chi connectivity index (χ0) is 13.1. The van der Waals surface area contributed by atoms with Crippen molar-refractivity contribution in [3.05, 3.63) is 35.4 Å². The van der Waals surface area contributed by atoms with Crippen LogP contribution in [-0.2, 0) is 6.54 Å². The third-order valence-electron chi connectivity index (χ3n) is 4.63. The minimum atomic E-state index is 0.876. The van der Waals surface area contributed by atoms with Gasteiger partial charge in [0.15, 0.2) is 0 Å². The predicted molar refractivity (Wildman–Crippen MR) is 80.3 cm³/mol. The number of piperidine rings is 1. The quantitative estimate of drug-likeness (QED) is 0.873. The van der Waals surface area contributed by atoms with Gasteiger partial charge in [-0.2, -0.15) is 0 Å². The van der Waals surface area contributed by atoms with E-state index < -0.39 is 0 Å². The van der Waals surface area contributed by atoms with Crippen molar-refractivity contribution in [3.8, 4) is 0 Å². The van der Waals surface area contributed by atoms with E-state index >= 15 is 0 Å². The Morgan fingerprint density at radius 3 is 2.37 bits per heavy atom. The fraction of sp³-hybridized carbons (Fsp3) is 0.647. The molecule has 0 spiro atoms. The molecule has 3 rings (SSSR count). The number of rotatable bonds is 5. The van der Waals surface area contributed by atoms with Gasteiger partial charge in [-0.05, 0) is 75.3 Å². The summed E-state index contributed by atoms with van der Waals surface area (Å²) in [5, 5.41) is 3.63. The van der Waals surface area contributed by atoms with Gasteiger partial charge in [-0.25, -0.2) is 0 Å². The second kappa shape index (κ2) is 6.06. The molecule has 1 heterocycles. The molecule has 0 radical (unpaired) electrons. The zero-order valence-electron chi connectivity index (χ0n) is 12.1. The van der Waals surface area contributed by atoms with E-state index in [1.54, 1.807) is 5.56 Å². The van der Waals surface area contributed by atoms with Crippen LogP contribution in [0, 0.1) is 5.92 Å². The van der Waals surface area contributed by atoms with Crippen LogP contribution in [0.25, 0.3) is 0 Å². The average Bonchev–Trinajstić information content (AvgIpc) is 3.26. The fourth-order valence-electron chi connectivity index (χ4n) is 3.01. The van der Waals surface area contributed by atoms with Crippen molar-refractivity contribution in [2.45, 2.75) is 38.1 Å². The maximum absolute atomic E-state index is 3.63. The molecule has 1 N–H and O–H groups in total. The van der Waals surface area contributed by atoms with Crippen LogP contribution < -0.4 is 5.32 Å². The van der Waals surface area contributed by atoms with Crippen molar-refractivity contribution in [1.82, 2.24) is 10.2 Å². The Balaban J connectivity index is 1.39. The maximum Gasteiger partial charge on any atom is 0.0205 e. The van der Waals surface area contributed by atoms with Crippen LogP contribution in [-0.4, -0.2) is 31.6 Å². The summed E-state index contributed by atoms with van der Waals surface area (Å²) in [6, 6.07) is 9.25. The zero-order valence-corrected chi connectivity index (χ0v) is 12.1. The minimum absolute atomic E-state index is 0.876. The van der Waals surface area contributed by atoms with Crippen LogP contribution in [0.5, 0.6) is 0 Å². The fourth-order valence-corrected chi connectivity index (χ4v) is 3.01. The molecule has 1 saturated carbocycles. The molecule has 1 aliphatic carbocycles. The van der Waals surface area contributed by atoms with E-state index in [1.807, 2.05) is 0 Å². The average molecular weight is 258 g/mol. The van der Waals surface area contributed by atoms with Gasteiger partial charge in [0.25, 0.3) is 0 Å². The SMILES string of the molecule is CN1CCC(CNCc2ccc(C3CC3)cc2)CC1. The summed E-state index contributed by atoms with van der Waals surface area (Å²) >= 11 is 0. The summed E-state index contributed by atoms with van der Waals surface area (Å²) in [6.45, 7) is 4.74. The summed E-state index contributed by atoms with van der Waals surface area (Å²) in [4.78, 5) is 2.44. The third kappa shape index (κ3) is 3.80. The number of hydrogen-bond acceptors (Lipinski definition) is 2. The molecule has 1 aliphatic heterocycles. The molecular weight excluding hydrogens is 232 g/mol. The van der Waals surface area contributed by atoms with Crippen LogP contribution in [0.1, 0.15) is 42.7 Å². The topological polar surface area (TPSA) is 15.3 Å². The highest BCUT2D eigenvalue weighted by Crippen LogP contribution is 2.39. The molecule has 19 heavy (non-hydrogen) atoms. The van der Waals surface area contributed by atoms with Crippen LogP contribution in [0.4, 0.5) is 0 Å². The number of benzene rings is 1. The van der Waals surface area contributed by atoms with E-state index in [0.29, 0.717) is 0 Å². The lowest BCUT2D eigenvalue weighted by Gasteiger charge is -2.29. The minimum Gasteiger partial charge on any atom is -0.312 e. The monoisotopic (exact) mass is 258 g/mol. The molecular formula is C17H26N2. The Morgan fingerprint density at radius 1 is 1.05 bits per heavy atom. The van der Waals surface area contributed by atoms with Gasteiger partial charge in [-0.1, -0.05) is 24.3 Å². The number of hydrogen-bond donors (Lipinski definition) is 1. The molecule has 104 valence electrons. The summed E-state index contributed by atoms with van der Waals surface area (Å²) in [7, 11) is 2.23. The van der Waals surface area contributed by atoms with Gasteiger partial charge in [-0.3, -0.25) is 0 Å². The van der Waals surface area contributed by atoms with Crippen LogP contribution in [0.2, 0.25) is 0 Å². The van der Waals surface area contributed by atoms with Crippen molar-refractivity contribution in [3.63, 3.8) is 0 Å². The lowest BCUT2D eigenvalue weighted by Crippen LogP contribution is -2.34. The van der Waals surface area contributed by atoms with E-state index in [1.165, 1.54) is 50.9 Å². The first-order valence-electron chi connectivity index (χ1n) is 7.79. The maximum atomic E-state index is 3.63. The highest BCUT2D eigenvalue weighted by atomic mass is 15.1. The lowest BCUT2D eigenvalue weighted by atomic mass is 9.97. The second-order valence-electron chi connectivity index (χ2n) is 6.39. The Kier molecular flexibility index (Phi) is 4.19. The normalized spacial score (nSPS) is 21.7. The van der Waals surface area contributed by atoms with Crippen molar-refractivity contribution in [2.24, 2.45) is 5.92 Å². The summed E-state index contributed by atoms with van der Waals surface area (Å²) in [5.41, 5.74) is 2.97. The van der Waals surface area contributed by atoms with Crippen molar-refractivity contribution >= 4 is 0 Å². The smallest absolute Gasteiger partial charge is 0.0205 e. The van der Waals surface area contributed by atoms with Crippen molar-refractivity contribution < 1.29 is 0 Å². The highest BCUT2D eigenvalue weighted by Gasteiger charge is 2.22. The van der Waals surface area contributed by atoms with E-state index in [9.17, 15) is 0 Å². The third-order valence-corrected chi connectivity index (χ3v) is 4.63. The molecule has 0 bridgehead atoms. The Hall–Kier alpha value is -0.860. The van der Waals surface area contributed by atoms with Gasteiger partial charge in [0.2, 0.25) is 0 Å². The van der Waals surface area contributed by atoms with Gasteiger partial charge in [0.05, 0.1) is 0 Å². The predicted octanol–water partition coefficient (Wildman–Crippen LogP) is 3.00. The highest BCUT2D eigenvalue weighted by molar-refractivity contribution is 5.27. The summed E-state index contributed by atoms with van der Waals surface area (Å²) < 4.78 is 0. The standard InChI is InChI=1S/C17H26N2/c1-19-10-8-15(9-11-19)13-18-12-14-2-4-16(5-3-14)17-6-7-17/h2-5,15,17-18H,6-13H2,1H3. The number of likely N-dealkylation sites (tertiary alicyclic amines) is 1. The van der Waals surface area contributed by atoms with E-state index in [2.05, 4.69) is 41.5 Å². The molecule has 0 unspecified atom stereocenters. The molecule has 2 heteroatoms. The van der Waals surface area contributed by atoms with Crippen LogP contribution in [0.15, 0.2) is 24.3 Å². The van der Waals surface area contributed by atoms with E-state index in [-0.39, 0.29) is 0 Å².